The fourth-order valence-corrected chi connectivity index (χ4v) is 3.37. The third-order valence-corrected chi connectivity index (χ3v) is 5.09. The minimum Gasteiger partial charge on any atom is -0.450 e. The molecule has 2 N–H and O–H groups in total. The van der Waals surface area contributed by atoms with E-state index in [4.69, 9.17) is 29.2 Å². The maximum atomic E-state index is 12.1. The summed E-state index contributed by atoms with van der Waals surface area (Å²) >= 11 is 0. The number of ketones is 1. The highest BCUT2D eigenvalue weighted by Gasteiger charge is 2.54. The van der Waals surface area contributed by atoms with E-state index in [1.165, 1.54) is 12.2 Å². The van der Waals surface area contributed by atoms with Crippen LogP contribution in [0.3, 0.4) is 0 Å². The second kappa shape index (κ2) is 14.4. The number of carboxylic acid groups (broad SMARTS) is 2. The van der Waals surface area contributed by atoms with Crippen molar-refractivity contribution in [2.75, 3.05) is 59.4 Å². The van der Waals surface area contributed by atoms with E-state index in [0.29, 0.717) is 33.0 Å². The smallest absolute Gasteiger partial charge is 0.450 e. The highest BCUT2D eigenvalue weighted by atomic mass is 16.8. The molecule has 1 heterocycles. The van der Waals surface area contributed by atoms with Crippen LogP contribution in [-0.4, -0.2) is 110 Å². The molecule has 1 fully saturated rings. The largest absolute Gasteiger partial charge is 0.509 e. The summed E-state index contributed by atoms with van der Waals surface area (Å²) < 4.78 is 30.3. The molecule has 0 aromatic rings. The molecule has 14 heteroatoms. The van der Waals surface area contributed by atoms with Crippen LogP contribution in [0.1, 0.15) is 19.3 Å². The first-order chi connectivity index (χ1) is 16.7. The standard InChI is InChI=1S/C21H29NO13/c23-16(15-13-21(14-15,34-19(26)27)35-20(28)29)3-5-30-7-9-32-11-12-33-10-8-31-6-4-22-17(24)1-2-18(22)25/h1-2,15H,3-14H2,(H,26,27)(H,28,29). The summed E-state index contributed by atoms with van der Waals surface area (Å²) in [7, 11) is 0. The zero-order valence-corrected chi connectivity index (χ0v) is 19.0. The number of Topliss-reactive ketones (excluding diaryl/α,β-unsaturated/α-hetero) is 1. The van der Waals surface area contributed by atoms with Gasteiger partial charge in [0, 0.05) is 37.3 Å². The van der Waals surface area contributed by atoms with Gasteiger partial charge >= 0.3 is 12.3 Å². The van der Waals surface area contributed by atoms with Gasteiger partial charge in [0.2, 0.25) is 0 Å². The minimum atomic E-state index is -1.83. The van der Waals surface area contributed by atoms with Gasteiger partial charge in [-0.05, 0) is 0 Å². The Hall–Kier alpha value is -3.07. The van der Waals surface area contributed by atoms with Crippen molar-refractivity contribution >= 4 is 29.9 Å². The number of hydrogen-bond acceptors (Lipinski definition) is 11. The normalized spacial score (nSPS) is 16.9. The molecule has 196 valence electrons. The van der Waals surface area contributed by atoms with Crippen LogP contribution in [0.2, 0.25) is 0 Å². The Balaban J connectivity index is 1.37. The van der Waals surface area contributed by atoms with E-state index >= 15 is 0 Å². The predicted octanol–water partition coefficient (Wildman–Crippen LogP) is 0.433. The highest BCUT2D eigenvalue weighted by molar-refractivity contribution is 6.12. The number of imide groups is 1. The van der Waals surface area contributed by atoms with Gasteiger partial charge in [-0.1, -0.05) is 0 Å². The molecule has 2 amide bonds. The van der Waals surface area contributed by atoms with Crippen molar-refractivity contribution in [3.8, 4) is 0 Å². The van der Waals surface area contributed by atoms with Crippen LogP contribution in [0.25, 0.3) is 0 Å². The van der Waals surface area contributed by atoms with Crippen molar-refractivity contribution < 1.29 is 62.6 Å². The molecule has 0 bridgehead atoms. The Morgan fingerprint density at radius 3 is 1.66 bits per heavy atom. The number of amides is 2. The van der Waals surface area contributed by atoms with Crippen LogP contribution in [0.4, 0.5) is 9.59 Å². The van der Waals surface area contributed by atoms with Crippen LogP contribution in [-0.2, 0) is 42.8 Å². The number of nitrogens with zero attached hydrogens (tertiary/aromatic N) is 1. The summed E-state index contributed by atoms with van der Waals surface area (Å²) in [4.78, 5) is 57.3. The van der Waals surface area contributed by atoms with Crippen LogP contribution in [0.5, 0.6) is 0 Å². The monoisotopic (exact) mass is 503 g/mol. The van der Waals surface area contributed by atoms with E-state index in [-0.39, 0.29) is 63.2 Å². The van der Waals surface area contributed by atoms with E-state index in [0.717, 1.165) is 4.90 Å². The van der Waals surface area contributed by atoms with Gasteiger partial charge in [0.25, 0.3) is 17.6 Å². The van der Waals surface area contributed by atoms with E-state index in [2.05, 4.69) is 9.47 Å². The van der Waals surface area contributed by atoms with Crippen molar-refractivity contribution in [1.29, 1.82) is 0 Å². The number of rotatable bonds is 18. The SMILES string of the molecule is O=C(O)OC1(OC(=O)O)CC(C(=O)CCOCCOCCOCCOCCN2C(=O)C=CC2=O)C1. The summed E-state index contributed by atoms with van der Waals surface area (Å²) in [6, 6.07) is 0. The zero-order chi connectivity index (χ0) is 25.7. The Bertz CT molecular complexity index is 754. The van der Waals surface area contributed by atoms with Crippen LogP contribution in [0.15, 0.2) is 12.2 Å². The Kier molecular flexibility index (Phi) is 11.6. The zero-order valence-electron chi connectivity index (χ0n) is 19.0. The van der Waals surface area contributed by atoms with Gasteiger partial charge in [-0.15, -0.1) is 0 Å². The lowest BCUT2D eigenvalue weighted by Gasteiger charge is -2.42. The third kappa shape index (κ3) is 9.98. The highest BCUT2D eigenvalue weighted by Crippen LogP contribution is 2.43. The molecule has 14 nitrogen and oxygen atoms in total. The maximum Gasteiger partial charge on any atom is 0.509 e. The van der Waals surface area contributed by atoms with Gasteiger partial charge in [-0.3, -0.25) is 19.3 Å². The summed E-state index contributed by atoms with van der Waals surface area (Å²) in [5, 5.41) is 17.4. The summed E-state index contributed by atoms with van der Waals surface area (Å²) in [6.45, 7) is 2.45. The molecule has 0 aromatic carbocycles. The van der Waals surface area contributed by atoms with Crippen molar-refractivity contribution in [2.45, 2.75) is 25.0 Å². The van der Waals surface area contributed by atoms with E-state index in [1.807, 2.05) is 0 Å². The molecule has 1 aliphatic heterocycles. The Labute approximate surface area is 200 Å². The molecule has 2 rings (SSSR count). The van der Waals surface area contributed by atoms with E-state index < -0.39 is 24.0 Å². The molecular formula is C21H29NO13. The van der Waals surface area contributed by atoms with E-state index in [9.17, 15) is 24.0 Å². The quantitative estimate of drug-likeness (QED) is 0.114. The number of carbonyl (C=O) groups is 5. The van der Waals surface area contributed by atoms with E-state index in [1.54, 1.807) is 0 Å². The summed E-state index contributed by atoms with van der Waals surface area (Å²) in [5.41, 5.74) is 0. The second-order valence-corrected chi connectivity index (χ2v) is 7.58. The number of hydrogen-bond donors (Lipinski definition) is 2. The lowest BCUT2D eigenvalue weighted by Crippen LogP contribution is -2.53. The van der Waals surface area contributed by atoms with Crippen molar-refractivity contribution in [3.05, 3.63) is 12.2 Å². The van der Waals surface area contributed by atoms with Gasteiger partial charge in [0.1, 0.15) is 5.78 Å². The first-order valence-electron chi connectivity index (χ1n) is 10.9. The molecule has 1 saturated carbocycles. The average molecular weight is 503 g/mol. The topological polar surface area (TPSA) is 184 Å². The third-order valence-electron chi connectivity index (χ3n) is 5.09. The minimum absolute atomic E-state index is 0.0839. The Morgan fingerprint density at radius 1 is 0.771 bits per heavy atom. The van der Waals surface area contributed by atoms with Gasteiger partial charge in [0.05, 0.1) is 59.4 Å². The van der Waals surface area contributed by atoms with Crippen molar-refractivity contribution in [2.24, 2.45) is 5.92 Å². The second-order valence-electron chi connectivity index (χ2n) is 7.58. The molecule has 0 unspecified atom stereocenters. The first kappa shape index (κ1) is 28.2. The molecule has 0 aromatic heterocycles. The molecule has 0 spiro atoms. The lowest BCUT2D eigenvalue weighted by atomic mass is 9.75. The van der Waals surface area contributed by atoms with Crippen LogP contribution >= 0.6 is 0 Å². The molecule has 35 heavy (non-hydrogen) atoms. The Morgan fingerprint density at radius 2 is 1.20 bits per heavy atom. The average Bonchev–Trinajstić information content (AvgIpc) is 3.08. The van der Waals surface area contributed by atoms with Crippen LogP contribution < -0.4 is 0 Å². The fraction of sp³-hybridized carbons (Fsp3) is 0.667. The van der Waals surface area contributed by atoms with Crippen molar-refractivity contribution in [3.63, 3.8) is 0 Å². The predicted molar refractivity (Wildman–Crippen MR) is 112 cm³/mol. The molecule has 1 aliphatic carbocycles. The van der Waals surface area contributed by atoms with Crippen LogP contribution in [0, 0.1) is 5.92 Å². The van der Waals surface area contributed by atoms with Gasteiger partial charge < -0.3 is 38.6 Å². The molecule has 0 saturated heterocycles. The van der Waals surface area contributed by atoms with Gasteiger partial charge in [-0.2, -0.15) is 0 Å². The van der Waals surface area contributed by atoms with Crippen molar-refractivity contribution in [1.82, 2.24) is 4.90 Å². The molecule has 0 radical (unpaired) electrons. The number of ether oxygens (including phenoxy) is 6. The first-order valence-corrected chi connectivity index (χ1v) is 10.9. The molecule has 0 atom stereocenters. The molecule has 2 aliphatic rings. The fourth-order valence-electron chi connectivity index (χ4n) is 3.37. The maximum absolute atomic E-state index is 12.1. The number of carbonyl (C=O) groups excluding carboxylic acids is 3. The summed E-state index contributed by atoms with van der Waals surface area (Å²) in [5.74, 6) is -3.27. The molecular weight excluding hydrogens is 474 g/mol. The summed E-state index contributed by atoms with van der Waals surface area (Å²) in [6.07, 6.45) is -1.15. The van der Waals surface area contributed by atoms with Gasteiger partial charge in [0.15, 0.2) is 0 Å². The lowest BCUT2D eigenvalue weighted by molar-refractivity contribution is -0.242. The van der Waals surface area contributed by atoms with Gasteiger partial charge in [-0.25, -0.2) is 9.59 Å².